The number of carbonyl (C=O) groups excluding carboxylic acids is 2. The molecule has 0 heterocycles. The molecule has 0 aliphatic heterocycles. The lowest BCUT2D eigenvalue weighted by Gasteiger charge is -2.17. The number of hydrogen-bond donors (Lipinski definition) is 1. The summed E-state index contributed by atoms with van der Waals surface area (Å²) in [4.78, 5) is 24.8. The van der Waals surface area contributed by atoms with Crippen molar-refractivity contribution in [3.8, 4) is 0 Å². The molecule has 6 heteroatoms. The Labute approximate surface area is 169 Å². The molecule has 1 unspecified atom stereocenters. The number of benzene rings is 2. The lowest BCUT2D eigenvalue weighted by Crippen LogP contribution is -2.42. The number of rotatable bonds is 10. The largest absolute Gasteiger partial charge is 0.464 e. The van der Waals surface area contributed by atoms with Gasteiger partial charge >= 0.3 is 5.97 Å². The zero-order valence-corrected chi connectivity index (χ0v) is 16.9. The molecule has 2 aromatic rings. The fraction of sp³-hybridized carbons (Fsp3) is 0.333. The van der Waals surface area contributed by atoms with Crippen molar-refractivity contribution in [3.63, 3.8) is 0 Å². The van der Waals surface area contributed by atoms with E-state index < -0.39 is 6.04 Å². The van der Waals surface area contributed by atoms with Gasteiger partial charge in [0.25, 0.3) is 5.91 Å². The number of amides is 1. The minimum Gasteiger partial charge on any atom is -0.464 e. The summed E-state index contributed by atoms with van der Waals surface area (Å²) >= 11 is 7.47. The molecule has 0 aliphatic carbocycles. The molecule has 1 atom stereocenters. The number of thioether (sulfide) groups is 1. The van der Waals surface area contributed by atoms with Crippen molar-refractivity contribution in [2.75, 3.05) is 18.6 Å². The monoisotopic (exact) mass is 405 g/mol. The molecule has 144 valence electrons. The van der Waals surface area contributed by atoms with Crippen LogP contribution in [0, 0.1) is 0 Å². The molecule has 0 aliphatic rings. The molecule has 27 heavy (non-hydrogen) atoms. The Morgan fingerprint density at radius 2 is 1.81 bits per heavy atom. The number of aryl methyl sites for hydroxylation is 1. The van der Waals surface area contributed by atoms with Crippen LogP contribution in [0.4, 0.5) is 0 Å². The topological polar surface area (TPSA) is 55.4 Å². The number of halogens is 1. The summed E-state index contributed by atoms with van der Waals surface area (Å²) in [5.74, 6) is 0.0587. The minimum absolute atomic E-state index is 0.306. The van der Waals surface area contributed by atoms with E-state index in [1.54, 1.807) is 36.0 Å². The van der Waals surface area contributed by atoms with Crippen LogP contribution in [0.2, 0.25) is 5.02 Å². The lowest BCUT2D eigenvalue weighted by molar-refractivity contribution is -0.146. The predicted molar refractivity (Wildman–Crippen MR) is 111 cm³/mol. The molecule has 2 aromatic carbocycles. The standard InChI is InChI=1S/C21H24ClNO3S/c1-27-15-13-19(23-20(24)17-9-11-18(22)12-10-17)21(25)26-14-5-8-16-6-3-2-4-7-16/h2-4,6-7,9-12,19H,5,8,13-15H2,1H3,(H,23,24). The second-order valence-corrected chi connectivity index (χ2v) is 7.49. The van der Waals surface area contributed by atoms with Gasteiger partial charge < -0.3 is 10.1 Å². The zero-order valence-electron chi connectivity index (χ0n) is 15.3. The Morgan fingerprint density at radius 3 is 2.48 bits per heavy atom. The average Bonchev–Trinajstić information content (AvgIpc) is 2.69. The number of esters is 1. The summed E-state index contributed by atoms with van der Waals surface area (Å²) in [6.07, 6.45) is 4.08. The molecule has 0 fully saturated rings. The smallest absolute Gasteiger partial charge is 0.328 e. The minimum atomic E-state index is -0.655. The quantitative estimate of drug-likeness (QED) is 0.471. The maximum absolute atomic E-state index is 12.4. The molecule has 2 rings (SSSR count). The highest BCUT2D eigenvalue weighted by molar-refractivity contribution is 7.98. The van der Waals surface area contributed by atoms with Gasteiger partial charge in [-0.05, 0) is 61.1 Å². The Hall–Kier alpha value is -1.98. The second kappa shape index (κ2) is 11.7. The SMILES string of the molecule is CSCCC(NC(=O)c1ccc(Cl)cc1)C(=O)OCCCc1ccccc1. The molecule has 0 spiro atoms. The fourth-order valence-electron chi connectivity index (χ4n) is 2.52. The Balaban J connectivity index is 1.84. The van der Waals surface area contributed by atoms with Crippen LogP contribution >= 0.6 is 23.4 Å². The van der Waals surface area contributed by atoms with E-state index in [-0.39, 0.29) is 11.9 Å². The molecular formula is C21H24ClNO3S. The molecule has 0 radical (unpaired) electrons. The van der Waals surface area contributed by atoms with Crippen molar-refractivity contribution in [2.45, 2.75) is 25.3 Å². The predicted octanol–water partition coefficient (Wildman–Crippen LogP) is 4.37. The van der Waals surface area contributed by atoms with Gasteiger partial charge in [0.15, 0.2) is 0 Å². The molecule has 1 amide bonds. The summed E-state index contributed by atoms with van der Waals surface area (Å²) in [7, 11) is 0. The number of ether oxygens (including phenoxy) is 1. The van der Waals surface area contributed by atoms with Crippen molar-refractivity contribution in [1.82, 2.24) is 5.32 Å². The average molecular weight is 406 g/mol. The van der Waals surface area contributed by atoms with Crippen LogP contribution in [0.25, 0.3) is 0 Å². The van der Waals surface area contributed by atoms with E-state index in [1.165, 1.54) is 5.56 Å². The number of carbonyl (C=O) groups is 2. The van der Waals surface area contributed by atoms with Crippen molar-refractivity contribution in [2.24, 2.45) is 0 Å². The van der Waals surface area contributed by atoms with Gasteiger partial charge in [-0.15, -0.1) is 0 Å². The first kappa shape index (κ1) is 21.3. The molecule has 0 aromatic heterocycles. The Morgan fingerprint density at radius 1 is 1.11 bits per heavy atom. The van der Waals surface area contributed by atoms with Crippen LogP contribution in [0.3, 0.4) is 0 Å². The molecule has 0 bridgehead atoms. The van der Waals surface area contributed by atoms with Gasteiger partial charge in [0.1, 0.15) is 6.04 Å². The van der Waals surface area contributed by atoms with Gasteiger partial charge in [-0.3, -0.25) is 4.79 Å². The van der Waals surface area contributed by atoms with E-state index in [0.717, 1.165) is 18.6 Å². The van der Waals surface area contributed by atoms with E-state index in [1.807, 2.05) is 24.5 Å². The lowest BCUT2D eigenvalue weighted by atomic mass is 10.1. The summed E-state index contributed by atoms with van der Waals surface area (Å²) < 4.78 is 5.39. The second-order valence-electron chi connectivity index (χ2n) is 6.07. The highest BCUT2D eigenvalue weighted by Crippen LogP contribution is 2.11. The number of nitrogens with one attached hydrogen (secondary N) is 1. The maximum atomic E-state index is 12.4. The van der Waals surface area contributed by atoms with E-state index in [9.17, 15) is 9.59 Å². The van der Waals surface area contributed by atoms with E-state index in [2.05, 4.69) is 17.4 Å². The molecule has 4 nitrogen and oxygen atoms in total. The molecular weight excluding hydrogens is 382 g/mol. The summed E-state index contributed by atoms with van der Waals surface area (Å²) in [5, 5.41) is 3.33. The fourth-order valence-corrected chi connectivity index (χ4v) is 3.12. The molecule has 1 N–H and O–H groups in total. The highest BCUT2D eigenvalue weighted by atomic mass is 35.5. The van der Waals surface area contributed by atoms with Crippen molar-refractivity contribution in [1.29, 1.82) is 0 Å². The van der Waals surface area contributed by atoms with Gasteiger partial charge in [-0.1, -0.05) is 41.9 Å². The van der Waals surface area contributed by atoms with Gasteiger partial charge in [-0.25, -0.2) is 4.79 Å². The molecule has 0 saturated heterocycles. The third-order valence-corrected chi connectivity index (χ3v) is 4.90. The summed E-state index contributed by atoms with van der Waals surface area (Å²) in [6, 6.07) is 16.0. The van der Waals surface area contributed by atoms with Gasteiger partial charge in [0.05, 0.1) is 6.61 Å². The third-order valence-electron chi connectivity index (χ3n) is 4.00. The maximum Gasteiger partial charge on any atom is 0.328 e. The third kappa shape index (κ3) is 7.65. The zero-order chi connectivity index (χ0) is 19.5. The van der Waals surface area contributed by atoms with Crippen LogP contribution < -0.4 is 5.32 Å². The van der Waals surface area contributed by atoms with E-state index >= 15 is 0 Å². The summed E-state index contributed by atoms with van der Waals surface area (Å²) in [5.41, 5.74) is 1.67. The first-order chi connectivity index (χ1) is 13.1. The normalized spacial score (nSPS) is 11.6. The van der Waals surface area contributed by atoms with Crippen LogP contribution in [-0.4, -0.2) is 36.5 Å². The summed E-state index contributed by atoms with van der Waals surface area (Å²) in [6.45, 7) is 0.334. The van der Waals surface area contributed by atoms with Crippen LogP contribution in [-0.2, 0) is 16.0 Å². The van der Waals surface area contributed by atoms with Gasteiger partial charge in [0.2, 0.25) is 0 Å². The van der Waals surface area contributed by atoms with Crippen molar-refractivity contribution < 1.29 is 14.3 Å². The Kier molecular flexibility index (Phi) is 9.22. The van der Waals surface area contributed by atoms with E-state index in [4.69, 9.17) is 16.3 Å². The van der Waals surface area contributed by atoms with Crippen molar-refractivity contribution in [3.05, 3.63) is 70.7 Å². The van der Waals surface area contributed by atoms with Gasteiger partial charge in [0, 0.05) is 10.6 Å². The van der Waals surface area contributed by atoms with Crippen LogP contribution in [0.15, 0.2) is 54.6 Å². The molecule has 0 saturated carbocycles. The first-order valence-electron chi connectivity index (χ1n) is 8.86. The first-order valence-corrected chi connectivity index (χ1v) is 10.6. The van der Waals surface area contributed by atoms with Crippen LogP contribution in [0.5, 0.6) is 0 Å². The number of hydrogen-bond acceptors (Lipinski definition) is 4. The van der Waals surface area contributed by atoms with Crippen LogP contribution in [0.1, 0.15) is 28.8 Å². The van der Waals surface area contributed by atoms with E-state index in [0.29, 0.717) is 23.6 Å². The van der Waals surface area contributed by atoms with Gasteiger partial charge in [-0.2, -0.15) is 11.8 Å². The highest BCUT2D eigenvalue weighted by Gasteiger charge is 2.22. The van der Waals surface area contributed by atoms with Crippen molar-refractivity contribution >= 4 is 35.2 Å². The Bertz CT molecular complexity index is 722.